The van der Waals surface area contributed by atoms with E-state index in [1.54, 1.807) is 0 Å². The van der Waals surface area contributed by atoms with Gasteiger partial charge in [-0.3, -0.25) is 4.79 Å². The Balaban J connectivity index is 2.46. The summed E-state index contributed by atoms with van der Waals surface area (Å²) in [6, 6.07) is 8.20. The van der Waals surface area contributed by atoms with Gasteiger partial charge in [-0.2, -0.15) is 0 Å². The largest absolute Gasteiger partial charge is 0.302 e. The van der Waals surface area contributed by atoms with E-state index in [4.69, 9.17) is 0 Å². The smallest absolute Gasteiger partial charge is 0.139 e. The molecule has 0 aromatic heterocycles. The summed E-state index contributed by atoms with van der Waals surface area (Å²) in [6.07, 6.45) is 0.616. The van der Waals surface area contributed by atoms with Crippen molar-refractivity contribution in [1.82, 2.24) is 4.90 Å². The van der Waals surface area contributed by atoms with Gasteiger partial charge in [0.05, 0.1) is 0 Å². The van der Waals surface area contributed by atoms with Crippen molar-refractivity contribution in [3.05, 3.63) is 34.3 Å². The molecule has 0 aliphatic carbocycles. The highest BCUT2D eigenvalue weighted by molar-refractivity contribution is 9.10. The first kappa shape index (κ1) is 15.4. The molecule has 0 N–H and O–H groups in total. The first-order chi connectivity index (χ1) is 8.30. The summed E-state index contributed by atoms with van der Waals surface area (Å²) in [4.78, 5) is 14.0. The number of halogens is 1. The van der Waals surface area contributed by atoms with E-state index in [-0.39, 0.29) is 5.41 Å². The maximum absolute atomic E-state index is 11.9. The molecule has 0 aliphatic heterocycles. The van der Waals surface area contributed by atoms with E-state index in [9.17, 15) is 4.79 Å². The molecular formula is C15H22BrNO. The number of rotatable bonds is 5. The van der Waals surface area contributed by atoms with Crippen LogP contribution in [0.5, 0.6) is 0 Å². The zero-order valence-electron chi connectivity index (χ0n) is 11.7. The molecule has 0 unspecified atom stereocenters. The normalized spacial score (nSPS) is 11.9. The maximum atomic E-state index is 11.9. The van der Waals surface area contributed by atoms with Crippen LogP contribution in [-0.4, -0.2) is 24.3 Å². The van der Waals surface area contributed by atoms with E-state index in [1.807, 2.05) is 39.0 Å². The highest BCUT2D eigenvalue weighted by Crippen LogP contribution is 2.19. The average Bonchev–Trinajstić information content (AvgIpc) is 2.27. The Kier molecular flexibility index (Phi) is 5.54. The van der Waals surface area contributed by atoms with Gasteiger partial charge < -0.3 is 4.90 Å². The number of nitrogens with zero attached hydrogens (tertiary/aromatic N) is 1. The number of hydrogen-bond donors (Lipinski definition) is 0. The molecule has 0 fully saturated rings. The van der Waals surface area contributed by atoms with Gasteiger partial charge in [0.25, 0.3) is 0 Å². The molecule has 0 bridgehead atoms. The molecule has 18 heavy (non-hydrogen) atoms. The van der Waals surface area contributed by atoms with Gasteiger partial charge in [-0.1, -0.05) is 54.9 Å². The molecule has 1 rings (SSSR count). The maximum Gasteiger partial charge on any atom is 0.139 e. The van der Waals surface area contributed by atoms with E-state index in [0.717, 1.165) is 17.6 Å². The van der Waals surface area contributed by atoms with Gasteiger partial charge in [0.15, 0.2) is 0 Å². The van der Waals surface area contributed by atoms with Crippen LogP contribution in [-0.2, 0) is 11.3 Å². The van der Waals surface area contributed by atoms with Crippen LogP contribution in [0.3, 0.4) is 0 Å². The summed E-state index contributed by atoms with van der Waals surface area (Å²) in [5.41, 5.74) is 1.02. The summed E-state index contributed by atoms with van der Waals surface area (Å²) in [7, 11) is 2.05. The predicted molar refractivity (Wildman–Crippen MR) is 79.6 cm³/mol. The zero-order chi connectivity index (χ0) is 13.8. The second-order valence-corrected chi connectivity index (χ2v) is 6.61. The molecule has 0 radical (unpaired) electrons. The van der Waals surface area contributed by atoms with E-state index in [1.165, 1.54) is 5.56 Å². The van der Waals surface area contributed by atoms with Crippen LogP contribution >= 0.6 is 15.9 Å². The van der Waals surface area contributed by atoms with Crippen molar-refractivity contribution in [3.8, 4) is 0 Å². The number of carbonyl (C=O) groups excluding carboxylic acids is 1. The lowest BCUT2D eigenvalue weighted by molar-refractivity contribution is -0.126. The van der Waals surface area contributed by atoms with Gasteiger partial charge in [-0.05, 0) is 18.7 Å². The van der Waals surface area contributed by atoms with Gasteiger partial charge in [-0.25, -0.2) is 0 Å². The fourth-order valence-electron chi connectivity index (χ4n) is 1.66. The lowest BCUT2D eigenvalue weighted by Crippen LogP contribution is -2.27. The van der Waals surface area contributed by atoms with E-state index in [2.05, 4.69) is 33.9 Å². The summed E-state index contributed by atoms with van der Waals surface area (Å²) in [5.74, 6) is 0.321. The predicted octanol–water partition coefficient (Wildman–Crippen LogP) is 3.89. The lowest BCUT2D eigenvalue weighted by atomic mass is 9.89. The first-order valence-corrected chi connectivity index (χ1v) is 7.05. The molecule has 2 nitrogen and oxygen atoms in total. The minimum atomic E-state index is -0.228. The van der Waals surface area contributed by atoms with E-state index < -0.39 is 0 Å². The van der Waals surface area contributed by atoms with Crippen molar-refractivity contribution >= 4 is 21.7 Å². The molecule has 0 spiro atoms. The van der Waals surface area contributed by atoms with Crippen molar-refractivity contribution in [3.63, 3.8) is 0 Å². The van der Waals surface area contributed by atoms with Crippen molar-refractivity contribution in [1.29, 1.82) is 0 Å². The van der Waals surface area contributed by atoms with Crippen LogP contribution in [0.15, 0.2) is 28.7 Å². The average molecular weight is 312 g/mol. The number of Topliss-reactive ketones (excluding diaryl/α,β-unsaturated/α-hetero) is 1. The van der Waals surface area contributed by atoms with Crippen molar-refractivity contribution < 1.29 is 4.79 Å². The Bertz CT molecular complexity index is 409. The van der Waals surface area contributed by atoms with Crippen LogP contribution in [0.2, 0.25) is 0 Å². The number of carbonyl (C=O) groups is 1. The summed E-state index contributed by atoms with van der Waals surface area (Å²) >= 11 is 3.54. The second-order valence-electron chi connectivity index (χ2n) is 5.75. The SMILES string of the molecule is CN(CCC(=O)C(C)(C)C)Cc1ccccc1Br. The number of benzene rings is 1. The standard InChI is InChI=1S/C15H22BrNO/c1-15(2,3)14(18)9-10-17(4)11-12-7-5-6-8-13(12)16/h5-8H,9-11H2,1-4H3. The fourth-order valence-corrected chi connectivity index (χ4v) is 2.07. The molecule has 0 saturated carbocycles. The Hall–Kier alpha value is -0.670. The van der Waals surface area contributed by atoms with Gasteiger partial charge in [-0.15, -0.1) is 0 Å². The monoisotopic (exact) mass is 311 g/mol. The van der Waals surface area contributed by atoms with Crippen LogP contribution in [0.1, 0.15) is 32.8 Å². The third-order valence-electron chi connectivity index (χ3n) is 2.96. The second kappa shape index (κ2) is 6.48. The number of ketones is 1. The molecule has 0 saturated heterocycles. The van der Waals surface area contributed by atoms with Crippen molar-refractivity contribution in [2.24, 2.45) is 5.41 Å². The zero-order valence-corrected chi connectivity index (χ0v) is 13.3. The number of hydrogen-bond acceptors (Lipinski definition) is 2. The summed E-state index contributed by atoms with van der Waals surface area (Å²) in [5, 5.41) is 0. The Labute approximate surface area is 119 Å². The molecule has 100 valence electrons. The highest BCUT2D eigenvalue weighted by Gasteiger charge is 2.20. The molecule has 0 aliphatic rings. The van der Waals surface area contributed by atoms with Gasteiger partial charge in [0.1, 0.15) is 5.78 Å². The quantitative estimate of drug-likeness (QED) is 0.822. The van der Waals surface area contributed by atoms with Crippen LogP contribution in [0, 0.1) is 5.41 Å². The molecule has 1 aromatic carbocycles. The van der Waals surface area contributed by atoms with Crippen molar-refractivity contribution in [2.45, 2.75) is 33.7 Å². The Morgan fingerprint density at radius 1 is 1.28 bits per heavy atom. The van der Waals surface area contributed by atoms with E-state index >= 15 is 0 Å². The molecular weight excluding hydrogens is 290 g/mol. The highest BCUT2D eigenvalue weighted by atomic mass is 79.9. The third kappa shape index (κ3) is 4.91. The van der Waals surface area contributed by atoms with Gasteiger partial charge in [0.2, 0.25) is 0 Å². The summed E-state index contributed by atoms with van der Waals surface area (Å²) in [6.45, 7) is 7.59. The molecule has 3 heteroatoms. The third-order valence-corrected chi connectivity index (χ3v) is 3.73. The topological polar surface area (TPSA) is 20.3 Å². The molecule has 1 aromatic rings. The summed E-state index contributed by atoms with van der Waals surface area (Å²) < 4.78 is 1.12. The minimum absolute atomic E-state index is 0.228. The molecule has 0 heterocycles. The first-order valence-electron chi connectivity index (χ1n) is 6.26. The molecule has 0 atom stereocenters. The van der Waals surface area contributed by atoms with Crippen LogP contribution in [0.25, 0.3) is 0 Å². The van der Waals surface area contributed by atoms with E-state index in [0.29, 0.717) is 12.2 Å². The Morgan fingerprint density at radius 3 is 2.44 bits per heavy atom. The minimum Gasteiger partial charge on any atom is -0.302 e. The van der Waals surface area contributed by atoms with Crippen LogP contribution < -0.4 is 0 Å². The van der Waals surface area contributed by atoms with Crippen LogP contribution in [0.4, 0.5) is 0 Å². The van der Waals surface area contributed by atoms with Crippen molar-refractivity contribution in [2.75, 3.05) is 13.6 Å². The lowest BCUT2D eigenvalue weighted by Gasteiger charge is -2.21. The van der Waals surface area contributed by atoms with Gasteiger partial charge >= 0.3 is 0 Å². The van der Waals surface area contributed by atoms with Gasteiger partial charge in [0, 0.05) is 29.4 Å². The Morgan fingerprint density at radius 2 is 1.89 bits per heavy atom. The fraction of sp³-hybridized carbons (Fsp3) is 0.533. The molecule has 0 amide bonds.